The Morgan fingerprint density at radius 3 is 2.26 bits per heavy atom. The summed E-state index contributed by atoms with van der Waals surface area (Å²) in [5.74, 6) is 1.67. The Balaban J connectivity index is 1.61. The molecule has 0 fully saturated rings. The molecule has 1 N–H and O–H groups in total. The smallest absolute Gasteiger partial charge is 0.127 e. The fourth-order valence-electron chi connectivity index (χ4n) is 2.68. The molecule has 0 spiro atoms. The minimum atomic E-state index is 0.832. The summed E-state index contributed by atoms with van der Waals surface area (Å²) in [6.45, 7) is 2.01. The lowest BCUT2D eigenvalue weighted by atomic mass is 10.0. The standard InChI is InChI=1S/C20H16N2O/c1-14-19-12-9-16(13-20(19)22-21-14)15-7-10-18(11-8-15)23-17-5-3-2-4-6-17/h2-13H,1H3,(H,21,22). The molecule has 23 heavy (non-hydrogen) atoms. The van der Waals surface area contributed by atoms with Crippen molar-refractivity contribution in [2.45, 2.75) is 6.92 Å². The lowest BCUT2D eigenvalue weighted by molar-refractivity contribution is 0.483. The molecule has 0 unspecified atom stereocenters. The van der Waals surface area contributed by atoms with Crippen molar-refractivity contribution in [3.8, 4) is 22.6 Å². The number of benzene rings is 3. The largest absolute Gasteiger partial charge is 0.457 e. The Morgan fingerprint density at radius 1 is 0.783 bits per heavy atom. The number of hydrogen-bond acceptors (Lipinski definition) is 2. The molecule has 0 radical (unpaired) electrons. The van der Waals surface area contributed by atoms with Gasteiger partial charge < -0.3 is 4.74 Å². The highest BCUT2D eigenvalue weighted by Crippen LogP contribution is 2.28. The molecule has 3 aromatic carbocycles. The molecule has 0 aliphatic rings. The van der Waals surface area contributed by atoms with Crippen molar-refractivity contribution in [1.82, 2.24) is 10.2 Å². The third kappa shape index (κ3) is 2.69. The normalized spacial score (nSPS) is 10.8. The van der Waals surface area contributed by atoms with E-state index in [1.807, 2.05) is 49.4 Å². The van der Waals surface area contributed by atoms with Gasteiger partial charge in [-0.05, 0) is 48.4 Å². The highest BCUT2D eigenvalue weighted by Gasteiger charge is 2.04. The van der Waals surface area contributed by atoms with E-state index in [2.05, 4.69) is 40.5 Å². The SMILES string of the molecule is Cc1n[nH]c2cc(-c3ccc(Oc4ccccc4)cc3)ccc12. The molecule has 0 atom stereocenters. The first-order valence-electron chi connectivity index (χ1n) is 7.58. The molecular formula is C20H16N2O. The zero-order chi connectivity index (χ0) is 15.6. The minimum Gasteiger partial charge on any atom is -0.457 e. The van der Waals surface area contributed by atoms with Gasteiger partial charge in [-0.25, -0.2) is 0 Å². The summed E-state index contributed by atoms with van der Waals surface area (Å²) in [5, 5.41) is 8.48. The van der Waals surface area contributed by atoms with E-state index in [1.165, 1.54) is 0 Å². The van der Waals surface area contributed by atoms with Crippen LogP contribution in [0.25, 0.3) is 22.0 Å². The van der Waals surface area contributed by atoms with Gasteiger partial charge in [-0.2, -0.15) is 5.10 Å². The van der Waals surface area contributed by atoms with Crippen LogP contribution in [-0.2, 0) is 0 Å². The van der Waals surface area contributed by atoms with Crippen LogP contribution in [0, 0.1) is 6.92 Å². The molecular weight excluding hydrogens is 284 g/mol. The van der Waals surface area contributed by atoms with Crippen molar-refractivity contribution in [2.75, 3.05) is 0 Å². The average molecular weight is 300 g/mol. The number of aryl methyl sites for hydroxylation is 1. The molecule has 4 aromatic rings. The van der Waals surface area contributed by atoms with E-state index in [0.29, 0.717) is 0 Å². The Hall–Kier alpha value is -3.07. The summed E-state index contributed by atoms with van der Waals surface area (Å²) in [5.41, 5.74) is 4.40. The van der Waals surface area contributed by atoms with Crippen LogP contribution >= 0.6 is 0 Å². The van der Waals surface area contributed by atoms with Gasteiger partial charge in [-0.15, -0.1) is 0 Å². The third-order valence-corrected chi connectivity index (χ3v) is 3.92. The lowest BCUT2D eigenvalue weighted by Gasteiger charge is -2.07. The van der Waals surface area contributed by atoms with Gasteiger partial charge in [0.15, 0.2) is 0 Å². The second-order valence-electron chi connectivity index (χ2n) is 5.51. The lowest BCUT2D eigenvalue weighted by Crippen LogP contribution is -1.84. The second-order valence-corrected chi connectivity index (χ2v) is 5.51. The molecule has 1 heterocycles. The van der Waals surface area contributed by atoms with Crippen molar-refractivity contribution in [2.24, 2.45) is 0 Å². The molecule has 0 aliphatic carbocycles. The van der Waals surface area contributed by atoms with Gasteiger partial charge in [0.1, 0.15) is 11.5 Å². The molecule has 0 aliphatic heterocycles. The molecule has 1 aromatic heterocycles. The van der Waals surface area contributed by atoms with E-state index in [0.717, 1.165) is 39.2 Å². The Kier molecular flexibility index (Phi) is 3.31. The predicted octanol–water partition coefficient (Wildman–Crippen LogP) is 5.33. The van der Waals surface area contributed by atoms with Crippen molar-refractivity contribution < 1.29 is 4.74 Å². The summed E-state index contributed by atoms with van der Waals surface area (Å²) in [4.78, 5) is 0. The maximum Gasteiger partial charge on any atom is 0.127 e. The van der Waals surface area contributed by atoms with Gasteiger partial charge in [0.25, 0.3) is 0 Å². The van der Waals surface area contributed by atoms with Crippen molar-refractivity contribution in [3.63, 3.8) is 0 Å². The number of nitrogens with one attached hydrogen (secondary N) is 1. The molecule has 0 amide bonds. The van der Waals surface area contributed by atoms with Gasteiger partial charge in [0.2, 0.25) is 0 Å². The van der Waals surface area contributed by atoms with Crippen molar-refractivity contribution in [1.29, 1.82) is 0 Å². The number of rotatable bonds is 3. The van der Waals surface area contributed by atoms with Gasteiger partial charge in [0.05, 0.1) is 11.2 Å². The van der Waals surface area contributed by atoms with Gasteiger partial charge in [-0.1, -0.05) is 42.5 Å². The fourth-order valence-corrected chi connectivity index (χ4v) is 2.68. The van der Waals surface area contributed by atoms with Crippen LogP contribution in [0.1, 0.15) is 5.69 Å². The van der Waals surface area contributed by atoms with Gasteiger partial charge in [0, 0.05) is 5.39 Å². The van der Waals surface area contributed by atoms with E-state index >= 15 is 0 Å². The highest BCUT2D eigenvalue weighted by molar-refractivity contribution is 5.86. The van der Waals surface area contributed by atoms with E-state index < -0.39 is 0 Å². The predicted molar refractivity (Wildman–Crippen MR) is 92.8 cm³/mol. The van der Waals surface area contributed by atoms with Gasteiger partial charge >= 0.3 is 0 Å². The van der Waals surface area contributed by atoms with Crippen LogP contribution < -0.4 is 4.74 Å². The molecule has 4 rings (SSSR count). The monoisotopic (exact) mass is 300 g/mol. The summed E-state index contributed by atoms with van der Waals surface area (Å²) in [7, 11) is 0. The molecule has 112 valence electrons. The third-order valence-electron chi connectivity index (χ3n) is 3.92. The molecule has 0 saturated heterocycles. The van der Waals surface area contributed by atoms with Crippen molar-refractivity contribution >= 4 is 10.9 Å². The van der Waals surface area contributed by atoms with Crippen LogP contribution in [0.5, 0.6) is 11.5 Å². The second kappa shape index (κ2) is 5.61. The number of hydrogen-bond donors (Lipinski definition) is 1. The van der Waals surface area contributed by atoms with Crippen LogP contribution in [0.2, 0.25) is 0 Å². The number of aromatic amines is 1. The topological polar surface area (TPSA) is 37.9 Å². The summed E-state index contributed by atoms with van der Waals surface area (Å²) < 4.78 is 5.83. The van der Waals surface area contributed by atoms with Crippen LogP contribution in [0.15, 0.2) is 72.8 Å². The first-order valence-corrected chi connectivity index (χ1v) is 7.58. The average Bonchev–Trinajstić information content (AvgIpc) is 2.97. The number of nitrogens with zero attached hydrogens (tertiary/aromatic N) is 1. The maximum atomic E-state index is 5.83. The number of H-pyrrole nitrogens is 1. The van der Waals surface area contributed by atoms with Crippen LogP contribution in [-0.4, -0.2) is 10.2 Å². The molecule has 0 saturated carbocycles. The number of fused-ring (bicyclic) bond motifs is 1. The minimum absolute atomic E-state index is 0.832. The van der Waals surface area contributed by atoms with Gasteiger partial charge in [-0.3, -0.25) is 5.10 Å². The maximum absolute atomic E-state index is 5.83. The molecule has 3 heteroatoms. The molecule has 0 bridgehead atoms. The summed E-state index contributed by atoms with van der Waals surface area (Å²) in [6, 6.07) is 24.3. The number of ether oxygens (including phenoxy) is 1. The first-order chi connectivity index (χ1) is 11.3. The van der Waals surface area contributed by atoms with E-state index in [4.69, 9.17) is 4.74 Å². The van der Waals surface area contributed by atoms with Crippen LogP contribution in [0.3, 0.4) is 0 Å². The summed E-state index contributed by atoms with van der Waals surface area (Å²) >= 11 is 0. The Bertz CT molecular complexity index is 940. The number of para-hydroxylation sites is 1. The first kappa shape index (κ1) is 13.6. The van der Waals surface area contributed by atoms with E-state index in [-0.39, 0.29) is 0 Å². The zero-order valence-corrected chi connectivity index (χ0v) is 12.8. The van der Waals surface area contributed by atoms with E-state index in [1.54, 1.807) is 0 Å². The quantitative estimate of drug-likeness (QED) is 0.555. The fraction of sp³-hybridized carbons (Fsp3) is 0.0500. The molecule has 3 nitrogen and oxygen atoms in total. The number of aromatic nitrogens is 2. The Labute approximate surface area is 134 Å². The van der Waals surface area contributed by atoms with Crippen molar-refractivity contribution in [3.05, 3.63) is 78.5 Å². The Morgan fingerprint density at radius 2 is 1.48 bits per heavy atom. The zero-order valence-electron chi connectivity index (χ0n) is 12.8. The van der Waals surface area contributed by atoms with Crippen LogP contribution in [0.4, 0.5) is 0 Å². The van der Waals surface area contributed by atoms with E-state index in [9.17, 15) is 0 Å². The highest BCUT2D eigenvalue weighted by atomic mass is 16.5. The summed E-state index contributed by atoms with van der Waals surface area (Å²) in [6.07, 6.45) is 0.